The molecule has 0 heterocycles. The fourth-order valence-corrected chi connectivity index (χ4v) is 2.04. The van der Waals surface area contributed by atoms with Crippen LogP contribution in [0.3, 0.4) is 0 Å². The summed E-state index contributed by atoms with van der Waals surface area (Å²) in [5.74, 6) is -0.259. The van der Waals surface area contributed by atoms with E-state index in [1.165, 1.54) is 0 Å². The maximum Gasteiger partial charge on any atom is 0.303 e. The third kappa shape index (κ3) is 6.29. The van der Waals surface area contributed by atoms with Gasteiger partial charge < -0.3 is 14.7 Å². The van der Waals surface area contributed by atoms with Gasteiger partial charge in [0.25, 0.3) is 0 Å². The minimum absolute atomic E-state index is 0.0165. The zero-order valence-corrected chi connectivity index (χ0v) is 12.8. The Labute approximate surface area is 125 Å². The lowest BCUT2D eigenvalue weighted by molar-refractivity contribution is -0.138. The zero-order chi connectivity index (χ0) is 15.8. The molecule has 1 atom stereocenters. The fraction of sp³-hybridized carbons (Fsp3) is 0.500. The van der Waals surface area contributed by atoms with Crippen LogP contribution in [0.4, 0.5) is 0 Å². The van der Waals surface area contributed by atoms with Crippen molar-refractivity contribution in [2.45, 2.75) is 33.2 Å². The van der Waals surface area contributed by atoms with Gasteiger partial charge in [-0.25, -0.2) is 0 Å². The normalized spacial score (nSPS) is 11.8. The van der Waals surface area contributed by atoms with Crippen LogP contribution in [0.2, 0.25) is 0 Å². The number of nitrogens with zero attached hydrogens (tertiary/aromatic N) is 1. The van der Waals surface area contributed by atoms with Crippen LogP contribution in [0.5, 0.6) is 5.75 Å². The van der Waals surface area contributed by atoms with E-state index in [4.69, 9.17) is 9.84 Å². The Kier molecular flexibility index (Phi) is 6.72. The number of carboxylic acids is 1. The van der Waals surface area contributed by atoms with Gasteiger partial charge in [0.1, 0.15) is 5.75 Å². The van der Waals surface area contributed by atoms with Gasteiger partial charge in [0.2, 0.25) is 5.91 Å². The number of carboxylic acid groups (broad SMARTS) is 1. The van der Waals surface area contributed by atoms with Crippen LogP contribution >= 0.6 is 0 Å². The van der Waals surface area contributed by atoms with Gasteiger partial charge in [0.05, 0.1) is 6.61 Å². The third-order valence-corrected chi connectivity index (χ3v) is 3.13. The Morgan fingerprint density at radius 1 is 1.24 bits per heavy atom. The summed E-state index contributed by atoms with van der Waals surface area (Å²) >= 11 is 0. The molecule has 0 bridgehead atoms. The predicted molar refractivity (Wildman–Crippen MR) is 80.1 cm³/mol. The molecule has 5 nitrogen and oxygen atoms in total. The molecule has 0 saturated carbocycles. The predicted octanol–water partition coefficient (Wildman–Crippen LogP) is 2.54. The van der Waals surface area contributed by atoms with Crippen LogP contribution < -0.4 is 4.74 Å². The van der Waals surface area contributed by atoms with E-state index in [0.29, 0.717) is 13.2 Å². The standard InChI is InChI=1S/C16H23NO4/c1-4-21-14-7-5-13(6-8-14)11-17(3)15(18)9-12(2)10-16(19)20/h5-8,12H,4,9-11H2,1-3H3,(H,19,20). The number of aliphatic carboxylic acids is 1. The largest absolute Gasteiger partial charge is 0.494 e. The molecule has 0 aromatic heterocycles. The lowest BCUT2D eigenvalue weighted by Gasteiger charge is -2.19. The first-order chi connectivity index (χ1) is 9.92. The fourth-order valence-electron chi connectivity index (χ4n) is 2.04. The Bertz CT molecular complexity index is 470. The molecule has 0 aliphatic carbocycles. The van der Waals surface area contributed by atoms with Gasteiger partial charge in [0.15, 0.2) is 0 Å². The summed E-state index contributed by atoms with van der Waals surface area (Å²) in [6, 6.07) is 7.61. The van der Waals surface area contributed by atoms with Gasteiger partial charge in [-0.1, -0.05) is 19.1 Å². The van der Waals surface area contributed by atoms with Gasteiger partial charge in [-0.05, 0) is 30.5 Å². The molecule has 0 saturated heterocycles. The van der Waals surface area contributed by atoms with Crippen LogP contribution in [0.15, 0.2) is 24.3 Å². The van der Waals surface area contributed by atoms with E-state index < -0.39 is 5.97 Å². The van der Waals surface area contributed by atoms with Gasteiger partial charge >= 0.3 is 5.97 Å². The van der Waals surface area contributed by atoms with Crippen LogP contribution in [0, 0.1) is 5.92 Å². The molecule has 1 N–H and O–H groups in total. The summed E-state index contributed by atoms with van der Waals surface area (Å²) in [4.78, 5) is 24.2. The number of ether oxygens (including phenoxy) is 1. The lowest BCUT2D eigenvalue weighted by atomic mass is 10.0. The molecule has 0 aliphatic rings. The van der Waals surface area contributed by atoms with E-state index in [1.54, 1.807) is 18.9 Å². The van der Waals surface area contributed by atoms with Gasteiger partial charge in [0, 0.05) is 26.4 Å². The van der Waals surface area contributed by atoms with Crippen molar-refractivity contribution in [2.75, 3.05) is 13.7 Å². The molecule has 1 rings (SSSR count). The quantitative estimate of drug-likeness (QED) is 0.800. The summed E-state index contributed by atoms with van der Waals surface area (Å²) < 4.78 is 5.37. The highest BCUT2D eigenvalue weighted by molar-refractivity contribution is 5.77. The number of hydrogen-bond donors (Lipinski definition) is 1. The van der Waals surface area contributed by atoms with Crippen molar-refractivity contribution in [3.05, 3.63) is 29.8 Å². The van der Waals surface area contributed by atoms with E-state index in [1.807, 2.05) is 31.2 Å². The van der Waals surface area contributed by atoms with E-state index in [2.05, 4.69) is 0 Å². The maximum atomic E-state index is 12.0. The minimum Gasteiger partial charge on any atom is -0.494 e. The Morgan fingerprint density at radius 3 is 2.38 bits per heavy atom. The van der Waals surface area contributed by atoms with Crippen LogP contribution in [0.25, 0.3) is 0 Å². The second-order valence-corrected chi connectivity index (χ2v) is 5.23. The SMILES string of the molecule is CCOc1ccc(CN(C)C(=O)CC(C)CC(=O)O)cc1. The number of carbonyl (C=O) groups excluding carboxylic acids is 1. The summed E-state index contributed by atoms with van der Waals surface area (Å²) in [7, 11) is 1.73. The topological polar surface area (TPSA) is 66.8 Å². The average Bonchev–Trinajstić information content (AvgIpc) is 2.40. The summed E-state index contributed by atoms with van der Waals surface area (Å²) in [6.07, 6.45) is 0.266. The molecular formula is C16H23NO4. The molecule has 0 fully saturated rings. The molecule has 0 radical (unpaired) electrons. The van der Waals surface area contributed by atoms with Gasteiger partial charge in [-0.15, -0.1) is 0 Å². The summed E-state index contributed by atoms with van der Waals surface area (Å²) in [5.41, 5.74) is 1.01. The van der Waals surface area contributed by atoms with Crippen molar-refractivity contribution in [1.82, 2.24) is 4.90 Å². The first-order valence-electron chi connectivity index (χ1n) is 7.09. The Balaban J connectivity index is 2.49. The van der Waals surface area contributed by atoms with E-state index in [-0.39, 0.29) is 24.7 Å². The zero-order valence-electron chi connectivity index (χ0n) is 12.8. The van der Waals surface area contributed by atoms with Crippen LogP contribution in [-0.2, 0) is 16.1 Å². The van der Waals surface area contributed by atoms with Gasteiger partial charge in [-0.2, -0.15) is 0 Å². The molecule has 0 spiro atoms. The van der Waals surface area contributed by atoms with Gasteiger partial charge in [-0.3, -0.25) is 9.59 Å². The molecule has 116 valence electrons. The van der Waals surface area contributed by atoms with E-state index in [9.17, 15) is 9.59 Å². The average molecular weight is 293 g/mol. The number of hydrogen-bond acceptors (Lipinski definition) is 3. The molecule has 1 aromatic rings. The second kappa shape index (κ2) is 8.29. The molecule has 1 unspecified atom stereocenters. The highest BCUT2D eigenvalue weighted by Crippen LogP contribution is 2.15. The van der Waals surface area contributed by atoms with E-state index in [0.717, 1.165) is 11.3 Å². The molecule has 0 aliphatic heterocycles. The Hall–Kier alpha value is -2.04. The third-order valence-electron chi connectivity index (χ3n) is 3.13. The van der Waals surface area contributed by atoms with Crippen LogP contribution in [0.1, 0.15) is 32.3 Å². The Morgan fingerprint density at radius 2 is 1.86 bits per heavy atom. The van der Waals surface area contributed by atoms with Crippen molar-refractivity contribution >= 4 is 11.9 Å². The number of rotatable bonds is 8. The van der Waals surface area contributed by atoms with Crippen molar-refractivity contribution in [1.29, 1.82) is 0 Å². The first-order valence-corrected chi connectivity index (χ1v) is 7.09. The monoisotopic (exact) mass is 293 g/mol. The van der Waals surface area contributed by atoms with E-state index >= 15 is 0 Å². The highest BCUT2D eigenvalue weighted by Gasteiger charge is 2.16. The van der Waals surface area contributed by atoms with Crippen molar-refractivity contribution in [3.63, 3.8) is 0 Å². The molecular weight excluding hydrogens is 270 g/mol. The van der Waals surface area contributed by atoms with Crippen molar-refractivity contribution in [2.24, 2.45) is 5.92 Å². The van der Waals surface area contributed by atoms with Crippen molar-refractivity contribution in [3.8, 4) is 5.75 Å². The second-order valence-electron chi connectivity index (χ2n) is 5.23. The summed E-state index contributed by atoms with van der Waals surface area (Å²) in [6.45, 7) is 4.83. The molecule has 1 aromatic carbocycles. The molecule has 5 heteroatoms. The number of amides is 1. The first kappa shape index (κ1) is 17.0. The number of benzene rings is 1. The highest BCUT2D eigenvalue weighted by atomic mass is 16.5. The van der Waals surface area contributed by atoms with Crippen molar-refractivity contribution < 1.29 is 19.4 Å². The summed E-state index contributed by atoms with van der Waals surface area (Å²) in [5, 5.41) is 8.70. The lowest BCUT2D eigenvalue weighted by Crippen LogP contribution is -2.28. The number of carbonyl (C=O) groups is 2. The minimum atomic E-state index is -0.871. The maximum absolute atomic E-state index is 12.0. The van der Waals surface area contributed by atoms with Crippen LogP contribution in [-0.4, -0.2) is 35.5 Å². The smallest absolute Gasteiger partial charge is 0.303 e. The molecule has 1 amide bonds. The molecule has 21 heavy (non-hydrogen) atoms.